The zero-order valence-electron chi connectivity index (χ0n) is 20.8. The number of nitrogens with zero attached hydrogens (tertiary/aromatic N) is 1. The molecule has 0 atom stereocenters. The van der Waals surface area contributed by atoms with Crippen molar-refractivity contribution in [3.05, 3.63) is 99.6 Å². The molecule has 194 valence electrons. The standard InChI is InChI=1S/C28H24ClN3O6/c1-16-6-4-9-20(12-16)32-17(2)24(28(36)37-3)23(27(32)35)14-21-10-11-22(38-21)15-30-25(33)26(34)31-19-8-5-7-18(29)13-19/h4-14H,15H2,1-3H3,(H,30,33)(H,31,34)/b23-14+. The third-order valence-electron chi connectivity index (χ3n) is 5.73. The van der Waals surface area contributed by atoms with Crippen molar-refractivity contribution in [1.29, 1.82) is 0 Å². The number of anilines is 2. The minimum Gasteiger partial charge on any atom is -0.465 e. The Morgan fingerprint density at radius 2 is 1.79 bits per heavy atom. The molecule has 0 saturated carbocycles. The number of esters is 1. The van der Waals surface area contributed by atoms with Crippen molar-refractivity contribution < 1.29 is 28.3 Å². The maximum atomic E-state index is 13.4. The van der Waals surface area contributed by atoms with E-state index in [1.807, 2.05) is 25.1 Å². The lowest BCUT2D eigenvalue weighted by atomic mass is 10.1. The number of ether oxygens (including phenoxy) is 1. The van der Waals surface area contributed by atoms with E-state index in [9.17, 15) is 19.2 Å². The number of rotatable bonds is 6. The molecule has 4 rings (SSSR count). The third-order valence-corrected chi connectivity index (χ3v) is 5.97. The zero-order valence-corrected chi connectivity index (χ0v) is 21.6. The van der Waals surface area contributed by atoms with Crippen LogP contribution in [-0.4, -0.2) is 30.8 Å². The zero-order chi connectivity index (χ0) is 27.4. The van der Waals surface area contributed by atoms with Crippen molar-refractivity contribution in [3.63, 3.8) is 0 Å². The average molecular weight is 534 g/mol. The first-order valence-electron chi connectivity index (χ1n) is 11.5. The number of carbonyl (C=O) groups is 4. The van der Waals surface area contributed by atoms with Crippen LogP contribution in [0.4, 0.5) is 11.4 Å². The second kappa shape index (κ2) is 11.2. The number of allylic oxidation sites excluding steroid dienone is 1. The Balaban J connectivity index is 1.49. The van der Waals surface area contributed by atoms with Crippen LogP contribution >= 0.6 is 11.6 Å². The summed E-state index contributed by atoms with van der Waals surface area (Å²) in [6.07, 6.45) is 1.45. The molecule has 0 aliphatic carbocycles. The van der Waals surface area contributed by atoms with Gasteiger partial charge in [0.2, 0.25) is 0 Å². The van der Waals surface area contributed by atoms with E-state index in [0.29, 0.717) is 27.9 Å². The molecule has 1 aliphatic rings. The van der Waals surface area contributed by atoms with E-state index in [1.54, 1.807) is 43.3 Å². The molecule has 3 aromatic rings. The van der Waals surface area contributed by atoms with Crippen molar-refractivity contribution in [3.8, 4) is 0 Å². The summed E-state index contributed by atoms with van der Waals surface area (Å²) in [5.41, 5.74) is 2.64. The fourth-order valence-electron chi connectivity index (χ4n) is 3.97. The molecule has 0 fully saturated rings. The minimum atomic E-state index is -0.868. The van der Waals surface area contributed by atoms with E-state index in [0.717, 1.165) is 5.56 Å². The summed E-state index contributed by atoms with van der Waals surface area (Å²) < 4.78 is 10.7. The van der Waals surface area contributed by atoms with Gasteiger partial charge in [-0.1, -0.05) is 29.8 Å². The molecule has 2 aromatic carbocycles. The fraction of sp³-hybridized carbons (Fsp3) is 0.143. The second-order valence-corrected chi connectivity index (χ2v) is 8.88. The summed E-state index contributed by atoms with van der Waals surface area (Å²) >= 11 is 5.89. The lowest BCUT2D eigenvalue weighted by Gasteiger charge is -2.18. The van der Waals surface area contributed by atoms with E-state index in [-0.39, 0.29) is 23.5 Å². The van der Waals surface area contributed by atoms with Gasteiger partial charge >= 0.3 is 17.8 Å². The first-order valence-corrected chi connectivity index (χ1v) is 11.9. The molecule has 2 heterocycles. The number of benzene rings is 2. The fourth-order valence-corrected chi connectivity index (χ4v) is 4.16. The largest absolute Gasteiger partial charge is 0.465 e. The monoisotopic (exact) mass is 533 g/mol. The van der Waals surface area contributed by atoms with Crippen LogP contribution in [0.1, 0.15) is 24.0 Å². The third kappa shape index (κ3) is 5.68. The van der Waals surface area contributed by atoms with E-state index in [2.05, 4.69) is 10.6 Å². The number of carbonyl (C=O) groups excluding carboxylic acids is 4. The number of methoxy groups -OCH3 is 1. The Morgan fingerprint density at radius 3 is 2.50 bits per heavy atom. The van der Waals surface area contributed by atoms with E-state index in [4.69, 9.17) is 20.8 Å². The molecule has 10 heteroatoms. The Bertz CT molecular complexity index is 1500. The topological polar surface area (TPSA) is 118 Å². The van der Waals surface area contributed by atoms with Crippen LogP contribution < -0.4 is 15.5 Å². The number of nitrogens with one attached hydrogen (secondary N) is 2. The smallest absolute Gasteiger partial charge is 0.340 e. The lowest BCUT2D eigenvalue weighted by molar-refractivity contribution is -0.136. The molecule has 1 aliphatic heterocycles. The molecule has 2 N–H and O–H groups in total. The summed E-state index contributed by atoms with van der Waals surface area (Å²) in [5, 5.41) is 5.35. The minimum absolute atomic E-state index is 0.0763. The van der Waals surface area contributed by atoms with Crippen LogP contribution in [-0.2, 0) is 30.5 Å². The van der Waals surface area contributed by atoms with Crippen LogP contribution in [0.15, 0.2) is 81.9 Å². The van der Waals surface area contributed by atoms with Crippen LogP contribution in [0, 0.1) is 6.92 Å². The molecular weight excluding hydrogens is 510 g/mol. The summed E-state index contributed by atoms with van der Waals surface area (Å²) in [7, 11) is 1.25. The van der Waals surface area contributed by atoms with Crippen molar-refractivity contribution in [2.75, 3.05) is 17.3 Å². The molecule has 38 heavy (non-hydrogen) atoms. The molecule has 0 bridgehead atoms. The van der Waals surface area contributed by atoms with Gasteiger partial charge in [-0.2, -0.15) is 0 Å². The summed E-state index contributed by atoms with van der Waals surface area (Å²) in [4.78, 5) is 51.8. The molecule has 0 spiro atoms. The lowest BCUT2D eigenvalue weighted by Crippen LogP contribution is -2.34. The summed E-state index contributed by atoms with van der Waals surface area (Å²) in [6, 6.07) is 16.9. The molecule has 1 aromatic heterocycles. The van der Waals surface area contributed by atoms with Gasteiger partial charge < -0.3 is 19.8 Å². The maximum Gasteiger partial charge on any atom is 0.340 e. The molecule has 0 saturated heterocycles. The summed E-state index contributed by atoms with van der Waals surface area (Å²) in [6.45, 7) is 3.50. The highest BCUT2D eigenvalue weighted by atomic mass is 35.5. The molecular formula is C28H24ClN3O6. The highest BCUT2D eigenvalue weighted by Crippen LogP contribution is 2.35. The number of hydrogen-bond acceptors (Lipinski definition) is 6. The van der Waals surface area contributed by atoms with Crippen LogP contribution in [0.3, 0.4) is 0 Å². The van der Waals surface area contributed by atoms with Gasteiger partial charge in [0.15, 0.2) is 0 Å². The SMILES string of the molecule is COC(=O)C1=C(C)N(c2cccc(C)c2)C(=O)/C1=C/c1ccc(CNC(=O)C(=O)Nc2cccc(Cl)c2)o1. The number of hydrogen-bond donors (Lipinski definition) is 2. The van der Waals surface area contributed by atoms with Crippen molar-refractivity contribution >= 4 is 52.7 Å². The molecule has 0 unspecified atom stereocenters. The van der Waals surface area contributed by atoms with Crippen molar-refractivity contribution in [1.82, 2.24) is 5.32 Å². The Morgan fingerprint density at radius 1 is 1.03 bits per heavy atom. The van der Waals surface area contributed by atoms with Gasteiger partial charge in [-0.25, -0.2) is 4.79 Å². The first kappa shape index (κ1) is 26.4. The second-order valence-electron chi connectivity index (χ2n) is 8.44. The number of halogens is 1. The van der Waals surface area contributed by atoms with Gasteiger partial charge in [0.05, 0.1) is 24.8 Å². The van der Waals surface area contributed by atoms with E-state index < -0.39 is 23.7 Å². The Hall–Kier alpha value is -4.63. The summed E-state index contributed by atoms with van der Waals surface area (Å²) in [5.74, 6) is -2.17. The van der Waals surface area contributed by atoms with Gasteiger partial charge in [0, 0.05) is 22.1 Å². The van der Waals surface area contributed by atoms with Gasteiger partial charge in [-0.3, -0.25) is 19.3 Å². The molecule has 9 nitrogen and oxygen atoms in total. The number of furan rings is 1. The van der Waals surface area contributed by atoms with Crippen molar-refractivity contribution in [2.24, 2.45) is 0 Å². The Kier molecular flexibility index (Phi) is 7.78. The van der Waals surface area contributed by atoms with Gasteiger partial charge in [0.1, 0.15) is 11.5 Å². The van der Waals surface area contributed by atoms with Crippen LogP contribution in [0.25, 0.3) is 6.08 Å². The van der Waals surface area contributed by atoms with Crippen LogP contribution in [0.5, 0.6) is 0 Å². The molecule has 3 amide bonds. The van der Waals surface area contributed by atoms with Gasteiger partial charge in [-0.15, -0.1) is 0 Å². The van der Waals surface area contributed by atoms with E-state index in [1.165, 1.54) is 24.2 Å². The van der Waals surface area contributed by atoms with Gasteiger partial charge in [0.25, 0.3) is 5.91 Å². The highest BCUT2D eigenvalue weighted by Gasteiger charge is 2.38. The Labute approximate surface area is 223 Å². The number of aryl methyl sites for hydroxylation is 1. The predicted molar refractivity (Wildman–Crippen MR) is 142 cm³/mol. The molecule has 0 radical (unpaired) electrons. The first-order chi connectivity index (χ1) is 18.2. The van der Waals surface area contributed by atoms with Gasteiger partial charge in [-0.05, 0) is 68.0 Å². The quantitative estimate of drug-likeness (QED) is 0.276. The van der Waals surface area contributed by atoms with E-state index >= 15 is 0 Å². The predicted octanol–water partition coefficient (Wildman–Crippen LogP) is 4.37. The van der Waals surface area contributed by atoms with Crippen molar-refractivity contribution in [2.45, 2.75) is 20.4 Å². The normalized spacial score (nSPS) is 14.2. The number of amides is 3. The highest BCUT2D eigenvalue weighted by molar-refractivity contribution is 6.39. The van der Waals surface area contributed by atoms with Crippen LogP contribution in [0.2, 0.25) is 5.02 Å². The average Bonchev–Trinajstić information content (AvgIpc) is 3.43. The maximum absolute atomic E-state index is 13.4.